The molecule has 4 nitrogen and oxygen atoms in total. The Morgan fingerprint density at radius 3 is 2.65 bits per heavy atom. The van der Waals surface area contributed by atoms with Gasteiger partial charge >= 0.3 is 0 Å². The summed E-state index contributed by atoms with van der Waals surface area (Å²) < 4.78 is 5.48. The van der Waals surface area contributed by atoms with Crippen LogP contribution in [0.15, 0.2) is 42.5 Å². The quantitative estimate of drug-likeness (QED) is 0.824. The molecular formula is C19H24N2O2. The van der Waals surface area contributed by atoms with Gasteiger partial charge in [-0.2, -0.15) is 0 Å². The Bertz CT molecular complexity index is 668. The molecule has 0 saturated heterocycles. The number of anilines is 1. The maximum atomic E-state index is 12.6. The Balaban J connectivity index is 2.16. The van der Waals surface area contributed by atoms with E-state index in [1.54, 1.807) is 0 Å². The standard InChI is InChI=1S/C19H24N2O2/c1-4-23-16-9-10-18(14(2)13-16)21-19(22)17-8-6-5-7-15(17)11-12-20-3/h5-10,13,20H,4,11-12H2,1-3H3,(H,21,22). The number of aryl methyl sites for hydroxylation is 1. The van der Waals surface area contributed by atoms with Crippen molar-refractivity contribution >= 4 is 11.6 Å². The fourth-order valence-electron chi connectivity index (χ4n) is 2.44. The number of hydrogen-bond acceptors (Lipinski definition) is 3. The first-order valence-corrected chi connectivity index (χ1v) is 7.93. The number of amides is 1. The van der Waals surface area contributed by atoms with E-state index in [2.05, 4.69) is 10.6 Å². The predicted octanol–water partition coefficient (Wildman–Crippen LogP) is 3.41. The third-order valence-electron chi connectivity index (χ3n) is 3.66. The molecule has 0 spiro atoms. The second-order valence-corrected chi connectivity index (χ2v) is 5.37. The molecule has 2 N–H and O–H groups in total. The van der Waals surface area contributed by atoms with Crippen molar-refractivity contribution in [1.82, 2.24) is 5.32 Å². The summed E-state index contributed by atoms with van der Waals surface area (Å²) in [5.41, 5.74) is 3.55. The average molecular weight is 312 g/mol. The highest BCUT2D eigenvalue weighted by Gasteiger charge is 2.12. The fourth-order valence-corrected chi connectivity index (χ4v) is 2.44. The Hall–Kier alpha value is -2.33. The van der Waals surface area contributed by atoms with Crippen LogP contribution in [-0.4, -0.2) is 26.1 Å². The molecule has 0 aliphatic carbocycles. The van der Waals surface area contributed by atoms with Crippen LogP contribution in [0.4, 0.5) is 5.69 Å². The lowest BCUT2D eigenvalue weighted by atomic mass is 10.0. The summed E-state index contributed by atoms with van der Waals surface area (Å²) in [6.45, 7) is 5.38. The van der Waals surface area contributed by atoms with E-state index in [-0.39, 0.29) is 5.91 Å². The molecule has 122 valence electrons. The number of nitrogens with one attached hydrogen (secondary N) is 2. The monoisotopic (exact) mass is 312 g/mol. The van der Waals surface area contributed by atoms with Crippen LogP contribution in [0, 0.1) is 6.92 Å². The summed E-state index contributed by atoms with van der Waals surface area (Å²) in [6, 6.07) is 13.4. The minimum absolute atomic E-state index is 0.0797. The molecule has 0 heterocycles. The molecule has 4 heteroatoms. The van der Waals surface area contributed by atoms with Gasteiger partial charge in [-0.3, -0.25) is 4.79 Å². The van der Waals surface area contributed by atoms with Gasteiger partial charge in [-0.1, -0.05) is 18.2 Å². The Kier molecular flexibility index (Phi) is 6.18. The smallest absolute Gasteiger partial charge is 0.255 e. The minimum Gasteiger partial charge on any atom is -0.494 e. The first kappa shape index (κ1) is 17.0. The van der Waals surface area contributed by atoms with Crippen molar-refractivity contribution in [3.63, 3.8) is 0 Å². The van der Waals surface area contributed by atoms with Crippen LogP contribution in [0.5, 0.6) is 5.75 Å². The van der Waals surface area contributed by atoms with Gasteiger partial charge < -0.3 is 15.4 Å². The number of benzene rings is 2. The van der Waals surface area contributed by atoms with Gasteiger partial charge in [-0.15, -0.1) is 0 Å². The molecule has 0 saturated carbocycles. The summed E-state index contributed by atoms with van der Waals surface area (Å²) in [5.74, 6) is 0.737. The minimum atomic E-state index is -0.0797. The molecule has 0 aliphatic heterocycles. The fraction of sp³-hybridized carbons (Fsp3) is 0.316. The highest BCUT2D eigenvalue weighted by Crippen LogP contribution is 2.22. The first-order valence-electron chi connectivity index (χ1n) is 7.93. The summed E-state index contributed by atoms with van der Waals surface area (Å²) in [4.78, 5) is 12.6. The Morgan fingerprint density at radius 1 is 1.17 bits per heavy atom. The van der Waals surface area contributed by atoms with Gasteiger partial charge in [0.2, 0.25) is 0 Å². The Labute approximate surface area is 137 Å². The van der Waals surface area contributed by atoms with Crippen molar-refractivity contribution in [3.05, 3.63) is 59.2 Å². The van der Waals surface area contributed by atoms with Crippen LogP contribution in [0.25, 0.3) is 0 Å². The molecule has 0 fully saturated rings. The molecule has 0 unspecified atom stereocenters. The number of carbonyl (C=O) groups excluding carboxylic acids is 1. The number of likely N-dealkylation sites (N-methyl/N-ethyl adjacent to an activating group) is 1. The maximum Gasteiger partial charge on any atom is 0.255 e. The van der Waals surface area contributed by atoms with E-state index in [4.69, 9.17) is 4.74 Å². The van der Waals surface area contributed by atoms with E-state index in [9.17, 15) is 4.79 Å². The topological polar surface area (TPSA) is 50.4 Å². The zero-order valence-corrected chi connectivity index (χ0v) is 14.0. The van der Waals surface area contributed by atoms with Crippen LogP contribution < -0.4 is 15.4 Å². The Morgan fingerprint density at radius 2 is 1.96 bits per heavy atom. The number of hydrogen-bond donors (Lipinski definition) is 2. The molecule has 0 bridgehead atoms. The maximum absolute atomic E-state index is 12.6. The van der Waals surface area contributed by atoms with Crippen molar-refractivity contribution in [2.75, 3.05) is 25.5 Å². The lowest BCUT2D eigenvalue weighted by Gasteiger charge is -2.13. The molecule has 0 aromatic heterocycles. The summed E-state index contributed by atoms with van der Waals surface area (Å²) in [5, 5.41) is 6.11. The van der Waals surface area contributed by atoms with E-state index in [0.717, 1.165) is 41.1 Å². The zero-order chi connectivity index (χ0) is 16.7. The van der Waals surface area contributed by atoms with E-state index in [1.807, 2.05) is 63.4 Å². The van der Waals surface area contributed by atoms with Gasteiger partial charge in [0.1, 0.15) is 5.75 Å². The molecule has 0 atom stereocenters. The second kappa shape index (κ2) is 8.34. The number of rotatable bonds is 7. The van der Waals surface area contributed by atoms with Crippen molar-refractivity contribution < 1.29 is 9.53 Å². The number of carbonyl (C=O) groups is 1. The normalized spacial score (nSPS) is 10.4. The van der Waals surface area contributed by atoms with Crippen molar-refractivity contribution in [2.24, 2.45) is 0 Å². The van der Waals surface area contributed by atoms with Gasteiger partial charge in [0.05, 0.1) is 6.61 Å². The zero-order valence-electron chi connectivity index (χ0n) is 14.0. The SMILES string of the molecule is CCOc1ccc(NC(=O)c2ccccc2CCNC)c(C)c1. The van der Waals surface area contributed by atoms with E-state index >= 15 is 0 Å². The van der Waals surface area contributed by atoms with E-state index in [0.29, 0.717) is 6.61 Å². The lowest BCUT2D eigenvalue weighted by Crippen LogP contribution is -2.17. The van der Waals surface area contributed by atoms with Crippen LogP contribution in [0.3, 0.4) is 0 Å². The summed E-state index contributed by atoms with van der Waals surface area (Å²) in [6.07, 6.45) is 0.822. The summed E-state index contributed by atoms with van der Waals surface area (Å²) in [7, 11) is 1.91. The van der Waals surface area contributed by atoms with Crippen LogP contribution in [0.1, 0.15) is 28.4 Å². The lowest BCUT2D eigenvalue weighted by molar-refractivity contribution is 0.102. The third-order valence-corrected chi connectivity index (χ3v) is 3.66. The molecule has 23 heavy (non-hydrogen) atoms. The second-order valence-electron chi connectivity index (χ2n) is 5.37. The molecule has 1 amide bonds. The molecule has 0 aliphatic rings. The molecular weight excluding hydrogens is 288 g/mol. The van der Waals surface area contributed by atoms with Gasteiger partial charge in [-0.05, 0) is 69.3 Å². The first-order chi connectivity index (χ1) is 11.2. The average Bonchev–Trinajstić information content (AvgIpc) is 2.56. The van der Waals surface area contributed by atoms with Crippen molar-refractivity contribution in [3.8, 4) is 5.75 Å². The van der Waals surface area contributed by atoms with Crippen molar-refractivity contribution in [2.45, 2.75) is 20.3 Å². The molecule has 2 rings (SSSR count). The third kappa shape index (κ3) is 4.57. The number of ether oxygens (including phenoxy) is 1. The van der Waals surface area contributed by atoms with Crippen LogP contribution in [-0.2, 0) is 6.42 Å². The summed E-state index contributed by atoms with van der Waals surface area (Å²) >= 11 is 0. The van der Waals surface area contributed by atoms with Gasteiger partial charge in [0, 0.05) is 11.3 Å². The molecule has 2 aromatic carbocycles. The van der Waals surface area contributed by atoms with E-state index in [1.165, 1.54) is 0 Å². The highest BCUT2D eigenvalue weighted by molar-refractivity contribution is 6.05. The van der Waals surface area contributed by atoms with Gasteiger partial charge in [0.25, 0.3) is 5.91 Å². The predicted molar refractivity (Wildman–Crippen MR) is 94.4 cm³/mol. The molecule has 2 aromatic rings. The highest BCUT2D eigenvalue weighted by atomic mass is 16.5. The van der Waals surface area contributed by atoms with Crippen molar-refractivity contribution in [1.29, 1.82) is 0 Å². The molecule has 0 radical (unpaired) electrons. The van der Waals surface area contributed by atoms with Gasteiger partial charge in [0.15, 0.2) is 0 Å². The van der Waals surface area contributed by atoms with E-state index < -0.39 is 0 Å². The van der Waals surface area contributed by atoms with Crippen LogP contribution >= 0.6 is 0 Å². The largest absolute Gasteiger partial charge is 0.494 e. The van der Waals surface area contributed by atoms with Crippen LogP contribution in [0.2, 0.25) is 0 Å². The van der Waals surface area contributed by atoms with Gasteiger partial charge in [-0.25, -0.2) is 0 Å².